The summed E-state index contributed by atoms with van der Waals surface area (Å²) in [7, 11) is 1.63. The fourth-order valence-corrected chi connectivity index (χ4v) is 5.26. The predicted octanol–water partition coefficient (Wildman–Crippen LogP) is 5.76. The number of methoxy groups -OCH3 is 1. The number of hydrogen-bond acceptors (Lipinski definition) is 6. The fraction of sp³-hybridized carbons (Fsp3) is 0.261. The zero-order chi connectivity index (χ0) is 22.3. The van der Waals surface area contributed by atoms with E-state index in [0.717, 1.165) is 28.1 Å². The van der Waals surface area contributed by atoms with E-state index in [1.165, 1.54) is 11.3 Å². The summed E-state index contributed by atoms with van der Waals surface area (Å²) >= 11 is 9.12. The molecule has 4 rings (SSSR count). The topological polar surface area (TPSA) is 60.2 Å². The smallest absolute Gasteiger partial charge is 0.229 e. The van der Waals surface area contributed by atoms with Gasteiger partial charge in [-0.3, -0.25) is 9.69 Å². The molecule has 2 aromatic heterocycles. The fourth-order valence-electron chi connectivity index (χ4n) is 3.27. The highest BCUT2D eigenvalue weighted by molar-refractivity contribution is 7.99. The van der Waals surface area contributed by atoms with Crippen LogP contribution in [0.5, 0.6) is 5.75 Å². The molecule has 0 spiro atoms. The Balaban J connectivity index is 1.47. The minimum Gasteiger partial charge on any atom is -0.494 e. The number of aromatic nitrogens is 3. The molecule has 0 aliphatic heterocycles. The minimum atomic E-state index is 0.0649. The Labute approximate surface area is 200 Å². The number of carbonyl (C=O) groups is 1. The highest BCUT2D eigenvalue weighted by atomic mass is 35.5. The number of fused-ring (bicyclic) bond motifs is 1. The average molecular weight is 487 g/mol. The largest absolute Gasteiger partial charge is 0.494 e. The van der Waals surface area contributed by atoms with Crippen LogP contribution in [0.3, 0.4) is 0 Å². The molecule has 6 nitrogen and oxygen atoms in total. The Morgan fingerprint density at radius 1 is 1.25 bits per heavy atom. The lowest BCUT2D eigenvalue weighted by molar-refractivity contribution is -0.118. The van der Waals surface area contributed by atoms with E-state index in [2.05, 4.69) is 4.98 Å². The molecule has 166 valence electrons. The van der Waals surface area contributed by atoms with Gasteiger partial charge < -0.3 is 9.30 Å². The molecule has 0 unspecified atom stereocenters. The van der Waals surface area contributed by atoms with Crippen molar-refractivity contribution >= 4 is 56.0 Å². The first-order chi connectivity index (χ1) is 15.6. The van der Waals surface area contributed by atoms with Gasteiger partial charge in [-0.1, -0.05) is 29.0 Å². The number of anilines is 1. The molecule has 0 saturated heterocycles. The Kier molecular flexibility index (Phi) is 7.68. The summed E-state index contributed by atoms with van der Waals surface area (Å²) < 4.78 is 8.47. The van der Waals surface area contributed by atoms with Crippen molar-refractivity contribution in [2.45, 2.75) is 24.3 Å². The van der Waals surface area contributed by atoms with E-state index in [1.54, 1.807) is 31.4 Å². The van der Waals surface area contributed by atoms with Crippen LogP contribution in [-0.2, 0) is 11.3 Å². The minimum absolute atomic E-state index is 0.0649. The van der Waals surface area contributed by atoms with E-state index in [9.17, 15) is 4.79 Å². The zero-order valence-electron chi connectivity index (χ0n) is 17.6. The Hall–Kier alpha value is -2.55. The summed E-state index contributed by atoms with van der Waals surface area (Å²) in [5.41, 5.74) is 0.790. The lowest BCUT2D eigenvalue weighted by atomic mass is 10.3. The number of benzene rings is 2. The Morgan fingerprint density at radius 3 is 2.84 bits per heavy atom. The number of nitrogens with zero attached hydrogens (tertiary/aromatic N) is 4. The number of rotatable bonds is 10. The van der Waals surface area contributed by atoms with Crippen LogP contribution >= 0.6 is 34.7 Å². The standard InChI is InChI=1S/C23H23ClN4O2S2/c1-30-19-4-2-5-20-22(19)26-23(32-20)28(13-3-12-27-14-11-25-16-27)21(29)10-15-31-18-8-6-17(24)7-9-18/h2,4-9,11,14,16H,3,10,12-13,15H2,1H3. The van der Waals surface area contributed by atoms with Gasteiger partial charge in [-0.2, -0.15) is 0 Å². The van der Waals surface area contributed by atoms with Gasteiger partial charge in [-0.05, 0) is 42.8 Å². The molecule has 0 fully saturated rings. The second-order valence-corrected chi connectivity index (χ2v) is 9.67. The molecule has 0 N–H and O–H groups in total. The number of halogens is 1. The summed E-state index contributed by atoms with van der Waals surface area (Å²) in [6.07, 6.45) is 6.70. The number of aryl methyl sites for hydroxylation is 1. The number of imidazole rings is 1. The quantitative estimate of drug-likeness (QED) is 0.267. The van der Waals surface area contributed by atoms with Gasteiger partial charge in [0.1, 0.15) is 11.3 Å². The molecular formula is C23H23ClN4O2S2. The van der Waals surface area contributed by atoms with Crippen molar-refractivity contribution in [2.75, 3.05) is 24.3 Å². The highest BCUT2D eigenvalue weighted by Crippen LogP contribution is 2.34. The number of thiazole rings is 1. The van der Waals surface area contributed by atoms with Crippen LogP contribution in [0.2, 0.25) is 5.02 Å². The van der Waals surface area contributed by atoms with Crippen molar-refractivity contribution in [3.8, 4) is 5.75 Å². The summed E-state index contributed by atoms with van der Waals surface area (Å²) in [5.74, 6) is 1.47. The average Bonchev–Trinajstić information content (AvgIpc) is 3.47. The molecule has 4 aromatic rings. The van der Waals surface area contributed by atoms with Crippen LogP contribution in [0.25, 0.3) is 10.2 Å². The zero-order valence-corrected chi connectivity index (χ0v) is 20.0. The summed E-state index contributed by atoms with van der Waals surface area (Å²) in [5, 5.41) is 1.41. The summed E-state index contributed by atoms with van der Waals surface area (Å²) in [6.45, 7) is 1.38. The van der Waals surface area contributed by atoms with Crippen LogP contribution in [0.15, 0.2) is 66.1 Å². The van der Waals surface area contributed by atoms with Gasteiger partial charge in [0.05, 0.1) is 18.1 Å². The van der Waals surface area contributed by atoms with Gasteiger partial charge in [0.2, 0.25) is 5.91 Å². The number of hydrogen-bond donors (Lipinski definition) is 0. The van der Waals surface area contributed by atoms with Gasteiger partial charge in [0.15, 0.2) is 5.13 Å². The molecule has 1 amide bonds. The molecule has 2 aromatic carbocycles. The number of thioether (sulfide) groups is 1. The SMILES string of the molecule is COc1cccc2sc(N(CCCn3ccnc3)C(=O)CCSc3ccc(Cl)cc3)nc12. The second kappa shape index (κ2) is 10.8. The van der Waals surface area contributed by atoms with Crippen molar-refractivity contribution in [1.29, 1.82) is 0 Å². The van der Waals surface area contributed by atoms with Crippen molar-refractivity contribution < 1.29 is 9.53 Å². The maximum Gasteiger partial charge on any atom is 0.229 e. The van der Waals surface area contributed by atoms with E-state index in [0.29, 0.717) is 34.6 Å². The molecule has 0 aliphatic rings. The number of amides is 1. The maximum atomic E-state index is 13.2. The second-order valence-electron chi connectivity index (χ2n) is 7.06. The molecule has 0 atom stereocenters. The van der Waals surface area contributed by atoms with Gasteiger partial charge in [-0.15, -0.1) is 11.8 Å². The van der Waals surface area contributed by atoms with E-state index in [1.807, 2.05) is 58.1 Å². The van der Waals surface area contributed by atoms with Crippen molar-refractivity contribution in [2.24, 2.45) is 0 Å². The Bertz CT molecular complexity index is 1160. The van der Waals surface area contributed by atoms with E-state index in [4.69, 9.17) is 21.3 Å². The van der Waals surface area contributed by atoms with Crippen LogP contribution in [0, 0.1) is 0 Å². The molecular weight excluding hydrogens is 464 g/mol. The number of carbonyl (C=O) groups excluding carboxylic acids is 1. The van der Waals surface area contributed by atoms with Gasteiger partial charge in [0, 0.05) is 47.6 Å². The van der Waals surface area contributed by atoms with Crippen LogP contribution < -0.4 is 9.64 Å². The molecule has 0 bridgehead atoms. The van der Waals surface area contributed by atoms with Crippen molar-refractivity contribution in [1.82, 2.24) is 14.5 Å². The van der Waals surface area contributed by atoms with E-state index >= 15 is 0 Å². The van der Waals surface area contributed by atoms with Crippen molar-refractivity contribution in [3.63, 3.8) is 0 Å². The normalized spacial score (nSPS) is 11.1. The number of para-hydroxylation sites is 1. The van der Waals surface area contributed by atoms with Gasteiger partial charge >= 0.3 is 0 Å². The first-order valence-electron chi connectivity index (χ1n) is 10.2. The third-order valence-electron chi connectivity index (χ3n) is 4.88. The van der Waals surface area contributed by atoms with E-state index in [-0.39, 0.29) is 5.91 Å². The summed E-state index contributed by atoms with van der Waals surface area (Å²) in [6, 6.07) is 13.5. The maximum absolute atomic E-state index is 13.2. The molecule has 32 heavy (non-hydrogen) atoms. The monoisotopic (exact) mass is 486 g/mol. The Morgan fingerprint density at radius 2 is 2.09 bits per heavy atom. The first kappa shape index (κ1) is 22.6. The highest BCUT2D eigenvalue weighted by Gasteiger charge is 2.20. The van der Waals surface area contributed by atoms with Crippen LogP contribution in [0.1, 0.15) is 12.8 Å². The lowest BCUT2D eigenvalue weighted by Gasteiger charge is -2.20. The first-order valence-corrected chi connectivity index (χ1v) is 12.4. The van der Waals surface area contributed by atoms with Gasteiger partial charge in [0.25, 0.3) is 0 Å². The molecule has 2 heterocycles. The predicted molar refractivity (Wildman–Crippen MR) is 132 cm³/mol. The third kappa shape index (κ3) is 5.62. The lowest BCUT2D eigenvalue weighted by Crippen LogP contribution is -2.32. The van der Waals surface area contributed by atoms with Crippen LogP contribution in [0.4, 0.5) is 5.13 Å². The van der Waals surface area contributed by atoms with Crippen molar-refractivity contribution in [3.05, 3.63) is 66.2 Å². The molecule has 9 heteroatoms. The molecule has 0 saturated carbocycles. The van der Waals surface area contributed by atoms with Gasteiger partial charge in [-0.25, -0.2) is 9.97 Å². The molecule has 0 radical (unpaired) electrons. The molecule has 0 aliphatic carbocycles. The van der Waals surface area contributed by atoms with Crippen LogP contribution in [-0.4, -0.2) is 39.8 Å². The third-order valence-corrected chi connectivity index (χ3v) is 7.19. The van der Waals surface area contributed by atoms with E-state index < -0.39 is 0 Å². The number of ether oxygens (including phenoxy) is 1. The summed E-state index contributed by atoms with van der Waals surface area (Å²) in [4.78, 5) is 25.0.